The van der Waals surface area contributed by atoms with E-state index in [9.17, 15) is 9.90 Å². The predicted octanol–water partition coefficient (Wildman–Crippen LogP) is 2.54. The van der Waals surface area contributed by atoms with Crippen LogP contribution in [0.2, 0.25) is 0 Å². The Morgan fingerprint density at radius 2 is 1.97 bits per heavy atom. The van der Waals surface area contributed by atoms with Crippen molar-refractivity contribution in [3.05, 3.63) is 54.5 Å². The second-order valence-electron chi connectivity index (χ2n) is 8.41. The highest BCUT2D eigenvalue weighted by molar-refractivity contribution is 5.76. The van der Waals surface area contributed by atoms with Gasteiger partial charge in [0.15, 0.2) is 0 Å². The number of aliphatic hydroxyl groups excluding tert-OH is 1. The van der Waals surface area contributed by atoms with Crippen LogP contribution in [0.1, 0.15) is 31.2 Å². The molecule has 1 amide bonds. The Morgan fingerprint density at radius 1 is 1.17 bits per heavy atom. The van der Waals surface area contributed by atoms with Gasteiger partial charge in [-0.1, -0.05) is 30.3 Å². The first kappa shape index (κ1) is 19.8. The number of piperidine rings is 1. The van der Waals surface area contributed by atoms with Crippen molar-refractivity contribution in [3.8, 4) is 0 Å². The van der Waals surface area contributed by atoms with Gasteiger partial charge >= 0.3 is 0 Å². The fourth-order valence-corrected chi connectivity index (χ4v) is 4.94. The molecule has 2 aliphatic heterocycles. The van der Waals surface area contributed by atoms with Gasteiger partial charge in [-0.25, -0.2) is 9.97 Å². The molecule has 1 aromatic carbocycles. The van der Waals surface area contributed by atoms with Crippen molar-refractivity contribution in [2.45, 2.75) is 32.1 Å². The van der Waals surface area contributed by atoms with Gasteiger partial charge in [0.2, 0.25) is 5.91 Å². The van der Waals surface area contributed by atoms with Gasteiger partial charge in [-0.15, -0.1) is 0 Å². The minimum Gasteiger partial charge on any atom is -0.396 e. The van der Waals surface area contributed by atoms with Gasteiger partial charge in [0.25, 0.3) is 0 Å². The normalized spacial score (nSPS) is 20.9. The maximum atomic E-state index is 12.7. The zero-order chi connectivity index (χ0) is 20.1. The molecule has 3 heterocycles. The molecule has 2 aromatic rings. The molecule has 0 saturated carbocycles. The summed E-state index contributed by atoms with van der Waals surface area (Å²) in [5.74, 6) is 1.42. The molecule has 6 heteroatoms. The molecular formula is C23H30N4O2. The van der Waals surface area contributed by atoms with E-state index in [2.05, 4.69) is 27.0 Å². The van der Waals surface area contributed by atoms with E-state index < -0.39 is 0 Å². The monoisotopic (exact) mass is 394 g/mol. The molecule has 1 spiro atoms. The Morgan fingerprint density at radius 3 is 2.66 bits per heavy atom. The molecule has 154 valence electrons. The highest BCUT2D eigenvalue weighted by Gasteiger charge is 2.48. The Bertz CT molecular complexity index is 791. The van der Waals surface area contributed by atoms with Crippen molar-refractivity contribution in [1.82, 2.24) is 14.9 Å². The van der Waals surface area contributed by atoms with Crippen LogP contribution in [0.4, 0.5) is 5.82 Å². The molecule has 1 unspecified atom stereocenters. The van der Waals surface area contributed by atoms with Crippen LogP contribution in [0.5, 0.6) is 0 Å². The summed E-state index contributed by atoms with van der Waals surface area (Å²) in [4.78, 5) is 25.3. The van der Waals surface area contributed by atoms with Gasteiger partial charge in [-0.2, -0.15) is 0 Å². The van der Waals surface area contributed by atoms with Crippen LogP contribution in [0.15, 0.2) is 48.9 Å². The zero-order valence-corrected chi connectivity index (χ0v) is 16.9. The molecule has 1 atom stereocenters. The lowest BCUT2D eigenvalue weighted by Crippen LogP contribution is -2.47. The van der Waals surface area contributed by atoms with Crippen LogP contribution in [0.3, 0.4) is 0 Å². The molecular weight excluding hydrogens is 364 g/mol. The maximum Gasteiger partial charge on any atom is 0.222 e. The number of aromatic nitrogens is 2. The third-order valence-electron chi connectivity index (χ3n) is 6.73. The lowest BCUT2D eigenvalue weighted by atomic mass is 9.71. The van der Waals surface area contributed by atoms with Crippen LogP contribution in [0.25, 0.3) is 0 Å². The number of aliphatic hydroxyl groups is 1. The molecule has 29 heavy (non-hydrogen) atoms. The van der Waals surface area contributed by atoms with Gasteiger partial charge < -0.3 is 14.9 Å². The number of benzene rings is 1. The molecule has 2 saturated heterocycles. The number of hydrogen-bond donors (Lipinski definition) is 1. The number of nitrogens with zero attached hydrogens (tertiary/aromatic N) is 4. The van der Waals surface area contributed by atoms with Gasteiger partial charge in [-0.3, -0.25) is 4.79 Å². The molecule has 2 fully saturated rings. The van der Waals surface area contributed by atoms with Crippen LogP contribution < -0.4 is 4.90 Å². The molecule has 1 N–H and O–H groups in total. The molecule has 4 rings (SSSR count). The largest absolute Gasteiger partial charge is 0.396 e. The topological polar surface area (TPSA) is 69.6 Å². The smallest absolute Gasteiger partial charge is 0.222 e. The average Bonchev–Trinajstić information content (AvgIpc) is 3.13. The Hall–Kier alpha value is -2.47. The lowest BCUT2D eigenvalue weighted by Gasteiger charge is -2.42. The molecule has 0 radical (unpaired) electrons. The highest BCUT2D eigenvalue weighted by atomic mass is 16.3. The second kappa shape index (κ2) is 8.91. The van der Waals surface area contributed by atoms with Gasteiger partial charge in [0.05, 0.1) is 0 Å². The number of amides is 1. The quantitative estimate of drug-likeness (QED) is 0.815. The summed E-state index contributed by atoms with van der Waals surface area (Å²) < 4.78 is 0. The number of likely N-dealkylation sites (tertiary alicyclic amines) is 1. The van der Waals surface area contributed by atoms with Crippen molar-refractivity contribution in [1.29, 1.82) is 0 Å². The van der Waals surface area contributed by atoms with Crippen LogP contribution in [-0.4, -0.2) is 58.7 Å². The molecule has 2 aliphatic rings. The fourth-order valence-electron chi connectivity index (χ4n) is 4.94. The number of anilines is 1. The third kappa shape index (κ3) is 4.42. The molecule has 6 nitrogen and oxygen atoms in total. The lowest BCUT2D eigenvalue weighted by molar-refractivity contribution is -0.134. The van der Waals surface area contributed by atoms with Crippen LogP contribution in [0, 0.1) is 11.3 Å². The standard InChI is InChI=1S/C23H30N4O2/c28-16-20-15-27(21-9-12-24-18-25-21)17-23(20)10-13-26(14-11-23)22(29)8-4-7-19-5-2-1-3-6-19/h1-3,5-6,9,12,18,20,28H,4,7-8,10-11,13-17H2. The number of carbonyl (C=O) groups is 1. The Kier molecular flexibility index (Phi) is 6.09. The van der Waals surface area contributed by atoms with Gasteiger partial charge in [0, 0.05) is 51.3 Å². The van der Waals surface area contributed by atoms with E-state index in [-0.39, 0.29) is 23.8 Å². The van der Waals surface area contributed by atoms with E-state index in [1.165, 1.54) is 5.56 Å². The van der Waals surface area contributed by atoms with Crippen molar-refractivity contribution >= 4 is 11.7 Å². The first-order chi connectivity index (χ1) is 14.2. The Labute approximate surface area is 172 Å². The van der Waals surface area contributed by atoms with Gasteiger partial charge in [-0.05, 0) is 42.7 Å². The van der Waals surface area contributed by atoms with E-state index >= 15 is 0 Å². The summed E-state index contributed by atoms with van der Waals surface area (Å²) in [5.41, 5.74) is 1.36. The summed E-state index contributed by atoms with van der Waals surface area (Å²) in [5, 5.41) is 10.0. The predicted molar refractivity (Wildman–Crippen MR) is 112 cm³/mol. The SMILES string of the molecule is O=C(CCCc1ccccc1)N1CCC2(CC1)CN(c1ccncn1)CC2CO. The second-order valence-corrected chi connectivity index (χ2v) is 8.41. The number of rotatable bonds is 6. The zero-order valence-electron chi connectivity index (χ0n) is 16.9. The van der Waals surface area contributed by atoms with E-state index in [0.717, 1.165) is 57.7 Å². The van der Waals surface area contributed by atoms with Gasteiger partial charge in [0.1, 0.15) is 12.1 Å². The Balaban J connectivity index is 1.30. The van der Waals surface area contributed by atoms with Crippen molar-refractivity contribution < 1.29 is 9.90 Å². The summed E-state index contributed by atoms with van der Waals surface area (Å²) in [6, 6.07) is 12.3. The average molecular weight is 395 g/mol. The first-order valence-corrected chi connectivity index (χ1v) is 10.6. The van der Waals surface area contributed by atoms with E-state index in [1.807, 2.05) is 29.2 Å². The number of hydrogen-bond acceptors (Lipinski definition) is 5. The van der Waals surface area contributed by atoms with Crippen LogP contribution in [-0.2, 0) is 11.2 Å². The maximum absolute atomic E-state index is 12.7. The highest BCUT2D eigenvalue weighted by Crippen LogP contribution is 2.45. The molecule has 1 aromatic heterocycles. The van der Waals surface area contributed by atoms with Crippen molar-refractivity contribution in [2.24, 2.45) is 11.3 Å². The first-order valence-electron chi connectivity index (χ1n) is 10.6. The third-order valence-corrected chi connectivity index (χ3v) is 6.73. The summed E-state index contributed by atoms with van der Waals surface area (Å²) in [6.07, 6.45) is 7.69. The van der Waals surface area contributed by atoms with Crippen molar-refractivity contribution in [3.63, 3.8) is 0 Å². The van der Waals surface area contributed by atoms with Crippen molar-refractivity contribution in [2.75, 3.05) is 37.7 Å². The summed E-state index contributed by atoms with van der Waals surface area (Å²) >= 11 is 0. The van der Waals surface area contributed by atoms with E-state index in [0.29, 0.717) is 6.42 Å². The fraction of sp³-hybridized carbons (Fsp3) is 0.522. The molecule has 0 aliphatic carbocycles. The van der Waals surface area contributed by atoms with E-state index in [1.54, 1.807) is 12.5 Å². The number of carbonyl (C=O) groups excluding carboxylic acids is 1. The minimum absolute atomic E-state index is 0.0700. The van der Waals surface area contributed by atoms with Crippen LogP contribution >= 0.6 is 0 Å². The minimum atomic E-state index is 0.0700. The summed E-state index contributed by atoms with van der Waals surface area (Å²) in [7, 11) is 0. The summed E-state index contributed by atoms with van der Waals surface area (Å²) in [6.45, 7) is 3.48. The molecule has 0 bridgehead atoms. The van der Waals surface area contributed by atoms with E-state index in [4.69, 9.17) is 0 Å². The number of aryl methyl sites for hydroxylation is 1.